The third-order valence-corrected chi connectivity index (χ3v) is 3.65. The minimum absolute atomic E-state index is 0.165. The molecule has 1 aliphatic rings. The van der Waals surface area contributed by atoms with Gasteiger partial charge in [0.15, 0.2) is 0 Å². The fraction of sp³-hybridized carbons (Fsp3) is 0.556. The number of alkyl halides is 1. The van der Waals surface area contributed by atoms with Crippen LogP contribution in [0.3, 0.4) is 0 Å². The Morgan fingerprint density at radius 3 is 2.58 bits per heavy atom. The summed E-state index contributed by atoms with van der Waals surface area (Å²) in [7, 11) is 0. The number of nitrogens with two attached hydrogens (primary N) is 1. The zero-order chi connectivity index (χ0) is 9.35. The molecule has 1 nitrogen and oxygen atoms in total. The molecule has 0 fully saturated rings. The van der Waals surface area contributed by atoms with Crippen LogP contribution < -0.4 is 5.73 Å². The maximum Gasteiger partial charge on any atom is 0.0986 e. The number of hydrogen-bond donors (Lipinski definition) is 1. The SMILES string of the molecule is CCC1(Cl)C(Cl)=CC=C(C)C1N. The van der Waals surface area contributed by atoms with Crippen LogP contribution in [-0.4, -0.2) is 10.9 Å². The first-order valence-electron chi connectivity index (χ1n) is 4.01. The highest BCUT2D eigenvalue weighted by Crippen LogP contribution is 2.39. The Morgan fingerprint density at radius 1 is 1.58 bits per heavy atom. The van der Waals surface area contributed by atoms with E-state index in [0.29, 0.717) is 5.03 Å². The van der Waals surface area contributed by atoms with Gasteiger partial charge in [-0.3, -0.25) is 0 Å². The molecule has 1 rings (SSSR count). The third kappa shape index (κ3) is 1.41. The lowest BCUT2D eigenvalue weighted by Crippen LogP contribution is -2.45. The standard InChI is InChI=1S/C9H13Cl2N/c1-3-9(11)7(10)5-4-6(2)8(9)12/h4-5,8H,3,12H2,1-2H3. The Morgan fingerprint density at radius 2 is 2.17 bits per heavy atom. The first kappa shape index (κ1) is 10.1. The van der Waals surface area contributed by atoms with Crippen molar-refractivity contribution in [2.45, 2.75) is 31.2 Å². The van der Waals surface area contributed by atoms with E-state index in [9.17, 15) is 0 Å². The predicted molar refractivity (Wildman–Crippen MR) is 54.5 cm³/mol. The second-order valence-corrected chi connectivity index (χ2v) is 4.20. The van der Waals surface area contributed by atoms with Crippen LogP contribution in [0, 0.1) is 0 Å². The van der Waals surface area contributed by atoms with Crippen LogP contribution in [0.25, 0.3) is 0 Å². The molecule has 2 unspecified atom stereocenters. The zero-order valence-corrected chi connectivity index (χ0v) is 8.78. The highest BCUT2D eigenvalue weighted by atomic mass is 35.5. The van der Waals surface area contributed by atoms with Gasteiger partial charge in [-0.1, -0.05) is 30.2 Å². The molecule has 1 aliphatic carbocycles. The highest BCUT2D eigenvalue weighted by molar-refractivity contribution is 6.40. The molecule has 2 atom stereocenters. The van der Waals surface area contributed by atoms with Crippen molar-refractivity contribution in [3.63, 3.8) is 0 Å². The Hall–Kier alpha value is 0.0200. The summed E-state index contributed by atoms with van der Waals surface area (Å²) in [6, 6.07) is -0.165. The molecule has 0 saturated heterocycles. The van der Waals surface area contributed by atoms with E-state index in [4.69, 9.17) is 28.9 Å². The summed E-state index contributed by atoms with van der Waals surface area (Å²) in [6.45, 7) is 3.96. The van der Waals surface area contributed by atoms with Gasteiger partial charge in [0, 0.05) is 11.1 Å². The first-order valence-corrected chi connectivity index (χ1v) is 4.77. The molecule has 0 radical (unpaired) electrons. The van der Waals surface area contributed by atoms with E-state index in [1.165, 1.54) is 0 Å². The summed E-state index contributed by atoms with van der Waals surface area (Å²) >= 11 is 12.3. The summed E-state index contributed by atoms with van der Waals surface area (Å²) in [5.41, 5.74) is 7.01. The molecule has 0 aromatic carbocycles. The van der Waals surface area contributed by atoms with Crippen LogP contribution in [0.2, 0.25) is 0 Å². The quantitative estimate of drug-likeness (QED) is 0.656. The van der Waals surface area contributed by atoms with Crippen molar-refractivity contribution in [3.8, 4) is 0 Å². The van der Waals surface area contributed by atoms with E-state index >= 15 is 0 Å². The topological polar surface area (TPSA) is 26.0 Å². The normalized spacial score (nSPS) is 35.9. The molecule has 0 aliphatic heterocycles. The van der Waals surface area contributed by atoms with Gasteiger partial charge in [0.1, 0.15) is 0 Å². The van der Waals surface area contributed by atoms with Gasteiger partial charge in [0.05, 0.1) is 4.87 Å². The minimum atomic E-state index is -0.583. The lowest BCUT2D eigenvalue weighted by atomic mass is 9.87. The average Bonchev–Trinajstić information content (AvgIpc) is 2.08. The van der Waals surface area contributed by atoms with Gasteiger partial charge in [0.2, 0.25) is 0 Å². The van der Waals surface area contributed by atoms with Crippen LogP contribution in [0.5, 0.6) is 0 Å². The van der Waals surface area contributed by atoms with Crippen molar-refractivity contribution >= 4 is 23.2 Å². The number of hydrogen-bond acceptors (Lipinski definition) is 1. The average molecular weight is 206 g/mol. The first-order chi connectivity index (χ1) is 5.52. The molecule has 68 valence electrons. The van der Waals surface area contributed by atoms with E-state index in [-0.39, 0.29) is 6.04 Å². The summed E-state index contributed by atoms with van der Waals surface area (Å²) in [5.74, 6) is 0. The van der Waals surface area contributed by atoms with Crippen molar-refractivity contribution in [2.75, 3.05) is 0 Å². The van der Waals surface area contributed by atoms with Crippen LogP contribution in [0.15, 0.2) is 22.8 Å². The summed E-state index contributed by atoms with van der Waals surface area (Å²) in [6.07, 6.45) is 4.50. The largest absolute Gasteiger partial charge is 0.322 e. The Kier molecular flexibility index (Phi) is 2.87. The van der Waals surface area contributed by atoms with Crippen molar-refractivity contribution in [3.05, 3.63) is 22.8 Å². The maximum atomic E-state index is 6.29. The zero-order valence-electron chi connectivity index (χ0n) is 7.27. The van der Waals surface area contributed by atoms with Gasteiger partial charge in [-0.15, -0.1) is 11.6 Å². The van der Waals surface area contributed by atoms with E-state index in [1.807, 2.05) is 26.0 Å². The highest BCUT2D eigenvalue weighted by Gasteiger charge is 2.38. The predicted octanol–water partition coefficient (Wildman–Crippen LogP) is 2.78. The molecule has 0 spiro atoms. The van der Waals surface area contributed by atoms with E-state index in [2.05, 4.69) is 0 Å². The number of rotatable bonds is 1. The molecule has 12 heavy (non-hydrogen) atoms. The van der Waals surface area contributed by atoms with E-state index in [1.54, 1.807) is 0 Å². The smallest absolute Gasteiger partial charge is 0.0986 e. The molecular formula is C9H13Cl2N. The molecule has 0 saturated carbocycles. The van der Waals surface area contributed by atoms with Gasteiger partial charge in [-0.2, -0.15) is 0 Å². The molecule has 2 N–H and O–H groups in total. The lowest BCUT2D eigenvalue weighted by molar-refractivity contribution is 0.559. The second kappa shape index (κ2) is 3.41. The Bertz CT molecular complexity index is 245. The van der Waals surface area contributed by atoms with Crippen LogP contribution >= 0.6 is 23.2 Å². The lowest BCUT2D eigenvalue weighted by Gasteiger charge is -2.34. The molecule has 0 heterocycles. The Labute approximate surface area is 83.2 Å². The summed E-state index contributed by atoms with van der Waals surface area (Å²) < 4.78 is 0. The second-order valence-electron chi connectivity index (χ2n) is 3.12. The van der Waals surface area contributed by atoms with E-state index < -0.39 is 4.87 Å². The van der Waals surface area contributed by atoms with Crippen LogP contribution in [0.4, 0.5) is 0 Å². The van der Waals surface area contributed by atoms with Gasteiger partial charge < -0.3 is 5.73 Å². The van der Waals surface area contributed by atoms with Gasteiger partial charge in [0.25, 0.3) is 0 Å². The molecule has 0 bridgehead atoms. The van der Waals surface area contributed by atoms with Crippen molar-refractivity contribution in [1.29, 1.82) is 0 Å². The molecule has 0 amide bonds. The van der Waals surface area contributed by atoms with Gasteiger partial charge in [-0.05, 0) is 19.4 Å². The summed E-state index contributed by atoms with van der Waals surface area (Å²) in [4.78, 5) is -0.583. The molecule has 3 heteroatoms. The van der Waals surface area contributed by atoms with Crippen molar-refractivity contribution in [1.82, 2.24) is 0 Å². The van der Waals surface area contributed by atoms with Crippen LogP contribution in [0.1, 0.15) is 20.3 Å². The van der Waals surface area contributed by atoms with Gasteiger partial charge in [-0.25, -0.2) is 0 Å². The molecular weight excluding hydrogens is 193 g/mol. The molecule has 0 aromatic heterocycles. The van der Waals surface area contributed by atoms with Crippen molar-refractivity contribution in [2.24, 2.45) is 5.73 Å². The van der Waals surface area contributed by atoms with Crippen molar-refractivity contribution < 1.29 is 0 Å². The number of halogens is 2. The summed E-state index contributed by atoms with van der Waals surface area (Å²) in [5, 5.41) is 0.643. The third-order valence-electron chi connectivity index (χ3n) is 2.39. The maximum absolute atomic E-state index is 6.29. The number of allylic oxidation sites excluding steroid dienone is 2. The monoisotopic (exact) mass is 205 g/mol. The molecule has 0 aromatic rings. The van der Waals surface area contributed by atoms with E-state index in [0.717, 1.165) is 12.0 Å². The van der Waals surface area contributed by atoms with Crippen LogP contribution in [-0.2, 0) is 0 Å². The fourth-order valence-corrected chi connectivity index (χ4v) is 1.89. The van der Waals surface area contributed by atoms with Gasteiger partial charge >= 0.3 is 0 Å². The fourth-order valence-electron chi connectivity index (χ4n) is 1.35. The minimum Gasteiger partial charge on any atom is -0.322 e. The Balaban J connectivity index is 3.05.